The Morgan fingerprint density at radius 2 is 2.00 bits per heavy atom. The molecule has 3 N–H and O–H groups in total. The van der Waals surface area contributed by atoms with Crippen LogP contribution in [0.2, 0.25) is 0 Å². The molecule has 0 saturated carbocycles. The van der Waals surface area contributed by atoms with Crippen molar-refractivity contribution in [2.75, 3.05) is 6.54 Å². The minimum absolute atomic E-state index is 0.210. The molecular weight excluding hydrogens is 169 g/mol. The predicted octanol–water partition coefficient (Wildman–Crippen LogP) is 1.75. The van der Waals surface area contributed by atoms with Gasteiger partial charge in [0.15, 0.2) is 0 Å². The van der Waals surface area contributed by atoms with E-state index in [1.807, 2.05) is 0 Å². The lowest BCUT2D eigenvalue weighted by molar-refractivity contribution is 0.475. The quantitative estimate of drug-likeness (QED) is 0.746. The Morgan fingerprint density at radius 1 is 1.38 bits per heavy atom. The van der Waals surface area contributed by atoms with E-state index in [-0.39, 0.29) is 12.3 Å². The summed E-state index contributed by atoms with van der Waals surface area (Å²) in [4.78, 5) is 0. The molecule has 0 fully saturated rings. The van der Waals surface area contributed by atoms with Crippen LogP contribution in [0.15, 0.2) is 36.2 Å². The molecule has 0 bridgehead atoms. The largest absolute Gasteiger partial charge is 0.508 e. The average Bonchev–Trinajstić information content (AvgIpc) is 2.17. The molecule has 0 spiro atoms. The summed E-state index contributed by atoms with van der Waals surface area (Å²) >= 11 is 0. The number of rotatable bonds is 3. The molecule has 0 heterocycles. The Labute approximate surface area is 76.5 Å². The number of halogens is 1. The molecule has 2 nitrogen and oxygen atoms in total. The number of hydrogen-bond acceptors (Lipinski definition) is 2. The second-order valence-electron chi connectivity index (χ2n) is 2.81. The molecule has 0 atom stereocenters. The van der Waals surface area contributed by atoms with E-state index in [0.29, 0.717) is 18.3 Å². The monoisotopic (exact) mass is 181 g/mol. The van der Waals surface area contributed by atoms with Crippen LogP contribution in [-0.2, 0) is 6.42 Å². The van der Waals surface area contributed by atoms with Crippen LogP contribution in [0.1, 0.15) is 5.56 Å². The summed E-state index contributed by atoms with van der Waals surface area (Å²) in [5.41, 5.74) is 6.79. The van der Waals surface area contributed by atoms with Gasteiger partial charge in [0.25, 0.3) is 0 Å². The van der Waals surface area contributed by atoms with Gasteiger partial charge < -0.3 is 10.8 Å². The minimum atomic E-state index is 0.210. The minimum Gasteiger partial charge on any atom is -0.508 e. The zero-order valence-corrected chi connectivity index (χ0v) is 7.20. The molecule has 0 saturated heterocycles. The van der Waals surface area contributed by atoms with E-state index < -0.39 is 0 Å². The number of benzene rings is 1. The van der Waals surface area contributed by atoms with Crippen molar-refractivity contribution in [3.05, 3.63) is 41.7 Å². The van der Waals surface area contributed by atoms with Gasteiger partial charge in [0.2, 0.25) is 0 Å². The van der Waals surface area contributed by atoms with Crippen molar-refractivity contribution in [1.82, 2.24) is 0 Å². The van der Waals surface area contributed by atoms with E-state index in [9.17, 15) is 4.39 Å². The summed E-state index contributed by atoms with van der Waals surface area (Å²) in [5, 5.41) is 8.99. The van der Waals surface area contributed by atoms with Crippen molar-refractivity contribution >= 4 is 0 Å². The summed E-state index contributed by atoms with van der Waals surface area (Å²) < 4.78 is 12.1. The second-order valence-corrected chi connectivity index (χ2v) is 2.81. The van der Waals surface area contributed by atoms with E-state index in [0.717, 1.165) is 5.56 Å². The predicted molar refractivity (Wildman–Crippen MR) is 50.1 cm³/mol. The summed E-state index contributed by atoms with van der Waals surface area (Å²) in [5.74, 6) is 0.210. The highest BCUT2D eigenvalue weighted by molar-refractivity contribution is 5.28. The number of phenols is 1. The highest BCUT2D eigenvalue weighted by Crippen LogP contribution is 2.12. The summed E-state index contributed by atoms with van der Waals surface area (Å²) in [6.45, 7) is 0.220. The molecule has 0 aromatic heterocycles. The third-order valence-electron chi connectivity index (χ3n) is 1.78. The van der Waals surface area contributed by atoms with Crippen molar-refractivity contribution in [2.45, 2.75) is 6.42 Å². The van der Waals surface area contributed by atoms with Crippen LogP contribution < -0.4 is 5.73 Å². The standard InChI is InChI=1S/C10H12FNO/c11-6-9(7-12)5-8-1-3-10(13)4-2-8/h1-4,6,13H,5,7,12H2/b9-6+. The first-order chi connectivity index (χ1) is 6.26. The van der Waals surface area contributed by atoms with Crippen molar-refractivity contribution in [3.8, 4) is 5.75 Å². The van der Waals surface area contributed by atoms with Crippen LogP contribution >= 0.6 is 0 Å². The molecule has 3 heteroatoms. The fourth-order valence-electron chi connectivity index (χ4n) is 1.03. The lowest BCUT2D eigenvalue weighted by atomic mass is 10.1. The Kier molecular flexibility index (Phi) is 3.46. The Morgan fingerprint density at radius 3 is 2.46 bits per heavy atom. The maximum atomic E-state index is 12.1. The summed E-state index contributed by atoms with van der Waals surface area (Å²) in [6, 6.07) is 6.63. The summed E-state index contributed by atoms with van der Waals surface area (Å²) in [7, 11) is 0. The van der Waals surface area contributed by atoms with Crippen molar-refractivity contribution < 1.29 is 9.50 Å². The normalized spacial score (nSPS) is 11.7. The van der Waals surface area contributed by atoms with E-state index >= 15 is 0 Å². The lowest BCUT2D eigenvalue weighted by Gasteiger charge is -2.02. The number of hydrogen-bond donors (Lipinski definition) is 2. The third kappa shape index (κ3) is 2.87. The van der Waals surface area contributed by atoms with Gasteiger partial charge in [-0.3, -0.25) is 0 Å². The molecule has 0 amide bonds. The smallest absolute Gasteiger partial charge is 0.115 e. The average molecular weight is 181 g/mol. The van der Waals surface area contributed by atoms with Gasteiger partial charge in [-0.1, -0.05) is 12.1 Å². The van der Waals surface area contributed by atoms with Crippen LogP contribution in [-0.4, -0.2) is 11.7 Å². The van der Waals surface area contributed by atoms with E-state index in [2.05, 4.69) is 0 Å². The highest BCUT2D eigenvalue weighted by atomic mass is 19.1. The zero-order chi connectivity index (χ0) is 9.68. The van der Waals surface area contributed by atoms with Gasteiger partial charge in [-0.05, 0) is 29.7 Å². The van der Waals surface area contributed by atoms with E-state index in [1.165, 1.54) is 0 Å². The molecule has 0 aliphatic rings. The van der Waals surface area contributed by atoms with Crippen LogP contribution in [0.3, 0.4) is 0 Å². The van der Waals surface area contributed by atoms with Gasteiger partial charge in [0.1, 0.15) is 5.75 Å². The van der Waals surface area contributed by atoms with Gasteiger partial charge in [0.05, 0.1) is 6.33 Å². The van der Waals surface area contributed by atoms with Crippen molar-refractivity contribution in [3.63, 3.8) is 0 Å². The molecule has 1 rings (SSSR count). The number of aromatic hydroxyl groups is 1. The first-order valence-corrected chi connectivity index (χ1v) is 4.02. The molecule has 1 aromatic rings. The molecule has 1 aromatic carbocycles. The highest BCUT2D eigenvalue weighted by Gasteiger charge is 1.97. The van der Waals surface area contributed by atoms with E-state index in [4.69, 9.17) is 10.8 Å². The topological polar surface area (TPSA) is 46.2 Å². The van der Waals surface area contributed by atoms with Gasteiger partial charge >= 0.3 is 0 Å². The first-order valence-electron chi connectivity index (χ1n) is 4.02. The second kappa shape index (κ2) is 4.62. The molecular formula is C10H12FNO. The van der Waals surface area contributed by atoms with Crippen molar-refractivity contribution in [2.24, 2.45) is 5.73 Å². The maximum absolute atomic E-state index is 12.1. The lowest BCUT2D eigenvalue weighted by Crippen LogP contribution is -2.05. The fraction of sp³-hybridized carbons (Fsp3) is 0.200. The molecule has 70 valence electrons. The molecule has 13 heavy (non-hydrogen) atoms. The summed E-state index contributed by atoms with van der Waals surface area (Å²) in [6.07, 6.45) is 1.03. The Hall–Kier alpha value is -1.35. The van der Waals surface area contributed by atoms with E-state index in [1.54, 1.807) is 24.3 Å². The SMILES string of the molecule is NC/C(=C/F)Cc1ccc(O)cc1. The molecule has 0 aliphatic heterocycles. The molecule has 0 unspecified atom stereocenters. The van der Waals surface area contributed by atoms with Crippen molar-refractivity contribution in [1.29, 1.82) is 0 Å². The van der Waals surface area contributed by atoms with Crippen LogP contribution in [0, 0.1) is 0 Å². The molecule has 0 radical (unpaired) electrons. The molecule has 0 aliphatic carbocycles. The third-order valence-corrected chi connectivity index (χ3v) is 1.78. The van der Waals surface area contributed by atoms with Gasteiger partial charge in [-0.15, -0.1) is 0 Å². The van der Waals surface area contributed by atoms with Crippen LogP contribution in [0.4, 0.5) is 4.39 Å². The fourth-order valence-corrected chi connectivity index (χ4v) is 1.03. The number of nitrogens with two attached hydrogens (primary N) is 1. The van der Waals surface area contributed by atoms with Crippen LogP contribution in [0.25, 0.3) is 0 Å². The first kappa shape index (κ1) is 9.74. The number of phenolic OH excluding ortho intramolecular Hbond substituents is 1. The van der Waals surface area contributed by atoms with Gasteiger partial charge in [0, 0.05) is 6.54 Å². The van der Waals surface area contributed by atoms with Crippen LogP contribution in [0.5, 0.6) is 5.75 Å². The maximum Gasteiger partial charge on any atom is 0.115 e. The zero-order valence-electron chi connectivity index (χ0n) is 7.20. The van der Waals surface area contributed by atoms with Gasteiger partial charge in [-0.2, -0.15) is 0 Å². The Balaban J connectivity index is 2.69. The van der Waals surface area contributed by atoms with Gasteiger partial charge in [-0.25, -0.2) is 4.39 Å². The Bertz CT molecular complexity index is 292.